The van der Waals surface area contributed by atoms with E-state index in [4.69, 9.17) is 16.3 Å². The first kappa shape index (κ1) is 20.3. The zero-order valence-corrected chi connectivity index (χ0v) is 15.7. The smallest absolute Gasteiger partial charge is 0.337 e. The highest BCUT2D eigenvalue weighted by Crippen LogP contribution is 2.25. The number of amides is 1. The van der Waals surface area contributed by atoms with E-state index in [1.54, 1.807) is 12.1 Å². The fourth-order valence-corrected chi connectivity index (χ4v) is 2.49. The highest BCUT2D eigenvalue weighted by atomic mass is 35.5. The summed E-state index contributed by atoms with van der Waals surface area (Å²) in [5.41, 5.74) is 0.336. The van der Waals surface area contributed by atoms with Gasteiger partial charge in [0.15, 0.2) is 6.61 Å². The predicted octanol–water partition coefficient (Wildman–Crippen LogP) is 3.65. The third-order valence-electron chi connectivity index (χ3n) is 3.23. The summed E-state index contributed by atoms with van der Waals surface area (Å²) >= 11 is 6.10. The molecule has 0 fully saturated rings. The molecule has 0 aromatic heterocycles. The first-order chi connectivity index (χ1) is 11.2. The van der Waals surface area contributed by atoms with E-state index < -0.39 is 5.97 Å². The van der Waals surface area contributed by atoms with E-state index in [-0.39, 0.29) is 17.5 Å². The van der Waals surface area contributed by atoms with Gasteiger partial charge in [0.1, 0.15) is 5.75 Å². The zero-order chi connectivity index (χ0) is 18.3. The molecule has 0 bridgehead atoms. The maximum Gasteiger partial charge on any atom is 0.337 e. The van der Waals surface area contributed by atoms with Crippen molar-refractivity contribution in [3.8, 4) is 5.75 Å². The molecule has 0 unspecified atom stereocenters. The van der Waals surface area contributed by atoms with E-state index in [0.717, 1.165) is 0 Å². The van der Waals surface area contributed by atoms with Crippen LogP contribution < -0.4 is 4.74 Å². The van der Waals surface area contributed by atoms with Gasteiger partial charge in [0.05, 0.1) is 17.7 Å². The van der Waals surface area contributed by atoms with Crippen LogP contribution in [0.25, 0.3) is 0 Å². The number of esters is 1. The standard InChI is InChI=1S/C18H26ClNO4/c1-12(2)9-20(10-13(3)4)17(21)11-24-16-7-6-14(8-15(16)19)18(22)23-5/h6-8,12-13H,9-11H2,1-5H3. The Bertz CT molecular complexity index is 562. The van der Waals surface area contributed by atoms with Crippen LogP contribution in [0, 0.1) is 11.8 Å². The van der Waals surface area contributed by atoms with Gasteiger partial charge in [-0.1, -0.05) is 39.3 Å². The summed E-state index contributed by atoms with van der Waals surface area (Å²) in [5, 5.41) is 0.268. The number of halogens is 1. The van der Waals surface area contributed by atoms with Gasteiger partial charge in [-0.2, -0.15) is 0 Å². The van der Waals surface area contributed by atoms with Crippen LogP contribution in [0.4, 0.5) is 0 Å². The summed E-state index contributed by atoms with van der Waals surface area (Å²) in [6.07, 6.45) is 0. The van der Waals surface area contributed by atoms with Gasteiger partial charge >= 0.3 is 5.97 Å². The molecule has 24 heavy (non-hydrogen) atoms. The number of methoxy groups -OCH3 is 1. The van der Waals surface area contributed by atoms with E-state index in [1.165, 1.54) is 13.2 Å². The highest BCUT2D eigenvalue weighted by Gasteiger charge is 2.18. The molecule has 0 atom stereocenters. The zero-order valence-electron chi connectivity index (χ0n) is 15.0. The third kappa shape index (κ3) is 6.40. The van der Waals surface area contributed by atoms with Crippen LogP contribution in [0.2, 0.25) is 5.02 Å². The quantitative estimate of drug-likeness (QED) is 0.668. The Morgan fingerprint density at radius 1 is 1.12 bits per heavy atom. The van der Waals surface area contributed by atoms with E-state index in [2.05, 4.69) is 32.4 Å². The SMILES string of the molecule is COC(=O)c1ccc(OCC(=O)N(CC(C)C)CC(C)C)c(Cl)c1. The number of benzene rings is 1. The summed E-state index contributed by atoms with van der Waals surface area (Å²) in [5.74, 6) is 0.586. The molecule has 0 aliphatic rings. The lowest BCUT2D eigenvalue weighted by molar-refractivity contribution is -0.134. The molecule has 1 aromatic rings. The maximum absolute atomic E-state index is 12.4. The molecule has 0 saturated heterocycles. The molecule has 1 amide bonds. The van der Waals surface area contributed by atoms with Gasteiger partial charge in [-0.15, -0.1) is 0 Å². The Morgan fingerprint density at radius 3 is 2.17 bits per heavy atom. The van der Waals surface area contributed by atoms with Crippen molar-refractivity contribution < 1.29 is 19.1 Å². The minimum atomic E-state index is -0.473. The van der Waals surface area contributed by atoms with Gasteiger partial charge in [-0.3, -0.25) is 4.79 Å². The molecule has 0 aliphatic heterocycles. The highest BCUT2D eigenvalue weighted by molar-refractivity contribution is 6.32. The Hall–Kier alpha value is -1.75. The van der Waals surface area contributed by atoms with Crippen molar-refractivity contribution in [2.24, 2.45) is 11.8 Å². The number of rotatable bonds is 8. The molecule has 1 rings (SSSR count). The predicted molar refractivity (Wildman–Crippen MR) is 94.5 cm³/mol. The lowest BCUT2D eigenvalue weighted by Crippen LogP contribution is -2.39. The lowest BCUT2D eigenvalue weighted by atomic mass is 10.1. The van der Waals surface area contributed by atoms with Crippen LogP contribution in [0.5, 0.6) is 5.75 Å². The molecule has 134 valence electrons. The van der Waals surface area contributed by atoms with Crippen LogP contribution >= 0.6 is 11.6 Å². The largest absolute Gasteiger partial charge is 0.482 e. The lowest BCUT2D eigenvalue weighted by Gasteiger charge is -2.26. The number of nitrogens with zero attached hydrogens (tertiary/aromatic N) is 1. The van der Waals surface area contributed by atoms with Crippen LogP contribution in [0.1, 0.15) is 38.1 Å². The maximum atomic E-state index is 12.4. The summed E-state index contributed by atoms with van der Waals surface area (Å²) < 4.78 is 10.2. The molecule has 0 aliphatic carbocycles. The Balaban J connectivity index is 2.72. The van der Waals surface area contributed by atoms with Crippen LogP contribution in [-0.2, 0) is 9.53 Å². The first-order valence-corrected chi connectivity index (χ1v) is 8.40. The minimum absolute atomic E-state index is 0.0782. The van der Waals surface area contributed by atoms with Crippen molar-refractivity contribution in [1.82, 2.24) is 4.90 Å². The first-order valence-electron chi connectivity index (χ1n) is 8.03. The molecule has 6 heteroatoms. The molecule has 0 radical (unpaired) electrons. The molecule has 0 N–H and O–H groups in total. The van der Waals surface area contributed by atoms with Gasteiger partial charge < -0.3 is 14.4 Å². The number of carbonyl (C=O) groups is 2. The van der Waals surface area contributed by atoms with E-state index in [1.807, 2.05) is 4.90 Å². The van der Waals surface area contributed by atoms with Crippen molar-refractivity contribution in [3.05, 3.63) is 28.8 Å². The Morgan fingerprint density at radius 2 is 1.71 bits per heavy atom. The van der Waals surface area contributed by atoms with Crippen molar-refractivity contribution >= 4 is 23.5 Å². The van der Waals surface area contributed by atoms with Crippen molar-refractivity contribution in [1.29, 1.82) is 0 Å². The second-order valence-electron chi connectivity index (χ2n) is 6.51. The van der Waals surface area contributed by atoms with Crippen LogP contribution in [-0.4, -0.2) is 43.6 Å². The summed E-state index contributed by atoms with van der Waals surface area (Å²) in [6, 6.07) is 4.59. The number of ether oxygens (including phenoxy) is 2. The fraction of sp³-hybridized carbons (Fsp3) is 0.556. The average Bonchev–Trinajstić information content (AvgIpc) is 2.51. The molecule has 5 nitrogen and oxygen atoms in total. The molecule has 0 heterocycles. The number of hydrogen-bond acceptors (Lipinski definition) is 4. The Kier molecular flexibility index (Phi) is 8.05. The van der Waals surface area contributed by atoms with Gasteiger partial charge in [0.2, 0.25) is 0 Å². The molecular weight excluding hydrogens is 330 g/mol. The molecular formula is C18H26ClNO4. The second kappa shape index (κ2) is 9.52. The van der Waals surface area contributed by atoms with Crippen LogP contribution in [0.15, 0.2) is 18.2 Å². The van der Waals surface area contributed by atoms with Gasteiger partial charge in [-0.05, 0) is 30.0 Å². The van der Waals surface area contributed by atoms with Gasteiger partial charge in [-0.25, -0.2) is 4.79 Å². The fourth-order valence-electron chi connectivity index (χ4n) is 2.25. The van der Waals surface area contributed by atoms with Gasteiger partial charge in [0.25, 0.3) is 5.91 Å². The van der Waals surface area contributed by atoms with Crippen LogP contribution in [0.3, 0.4) is 0 Å². The normalized spacial score (nSPS) is 10.8. The minimum Gasteiger partial charge on any atom is -0.482 e. The molecule has 0 saturated carbocycles. The van der Waals surface area contributed by atoms with E-state index in [0.29, 0.717) is 36.2 Å². The van der Waals surface area contributed by atoms with Gasteiger partial charge in [0, 0.05) is 13.1 Å². The van der Waals surface area contributed by atoms with Crippen molar-refractivity contribution in [3.63, 3.8) is 0 Å². The molecule has 1 aromatic carbocycles. The Labute approximate surface area is 148 Å². The second-order valence-corrected chi connectivity index (χ2v) is 6.92. The number of carbonyl (C=O) groups excluding carboxylic acids is 2. The number of hydrogen-bond donors (Lipinski definition) is 0. The molecule has 0 spiro atoms. The van der Waals surface area contributed by atoms with E-state index >= 15 is 0 Å². The third-order valence-corrected chi connectivity index (χ3v) is 3.52. The monoisotopic (exact) mass is 355 g/mol. The van der Waals surface area contributed by atoms with E-state index in [9.17, 15) is 9.59 Å². The summed E-state index contributed by atoms with van der Waals surface area (Å²) in [6.45, 7) is 9.59. The van der Waals surface area contributed by atoms with Crippen molar-refractivity contribution in [2.45, 2.75) is 27.7 Å². The van der Waals surface area contributed by atoms with Crippen molar-refractivity contribution in [2.75, 3.05) is 26.8 Å². The average molecular weight is 356 g/mol. The summed E-state index contributed by atoms with van der Waals surface area (Å²) in [7, 11) is 1.30. The topological polar surface area (TPSA) is 55.8 Å². The summed E-state index contributed by atoms with van der Waals surface area (Å²) in [4.78, 5) is 25.7.